The average molecular weight is 354 g/mol. The van der Waals surface area contributed by atoms with Gasteiger partial charge in [0.2, 0.25) is 0 Å². The minimum atomic E-state index is -0.530. The molecule has 0 heterocycles. The van der Waals surface area contributed by atoms with Gasteiger partial charge in [-0.15, -0.1) is 0 Å². The molecule has 0 aliphatic heterocycles. The van der Waals surface area contributed by atoms with Gasteiger partial charge in [-0.2, -0.15) is 0 Å². The van der Waals surface area contributed by atoms with Crippen LogP contribution in [0, 0.1) is 23.2 Å². The second kappa shape index (κ2) is 6.71. The molecule has 5 rings (SSSR count). The molecule has 1 aromatic rings. The Labute approximate surface area is 156 Å². The Balaban J connectivity index is 1.36. The van der Waals surface area contributed by atoms with E-state index in [1.807, 2.05) is 37.3 Å². The summed E-state index contributed by atoms with van der Waals surface area (Å²) in [7, 11) is 0. The van der Waals surface area contributed by atoms with E-state index in [2.05, 4.69) is 17.6 Å². The van der Waals surface area contributed by atoms with Gasteiger partial charge in [0.25, 0.3) is 0 Å². The number of nitrogens with one attached hydrogen (secondary N) is 2. The predicted octanol–water partition coefficient (Wildman–Crippen LogP) is 3.58. The van der Waals surface area contributed by atoms with Crippen molar-refractivity contribution in [3.8, 4) is 0 Å². The fourth-order valence-corrected chi connectivity index (χ4v) is 6.21. The zero-order chi connectivity index (χ0) is 18.3. The van der Waals surface area contributed by atoms with Gasteiger partial charge < -0.3 is 10.6 Å². The molecule has 0 spiro atoms. The highest BCUT2D eigenvalue weighted by molar-refractivity contribution is 6.35. The number of hydrogen-bond donors (Lipinski definition) is 2. The third-order valence-electron chi connectivity index (χ3n) is 7.21. The first-order chi connectivity index (χ1) is 12.4. The van der Waals surface area contributed by atoms with E-state index in [4.69, 9.17) is 0 Å². The fraction of sp³-hybridized carbons (Fsp3) is 0.636. The van der Waals surface area contributed by atoms with Crippen molar-refractivity contribution in [2.24, 2.45) is 23.2 Å². The molecule has 0 saturated heterocycles. The maximum absolute atomic E-state index is 12.5. The Bertz CT molecular complexity index is 649. The molecule has 2 unspecified atom stereocenters. The normalized spacial score (nSPS) is 34.2. The predicted molar refractivity (Wildman–Crippen MR) is 101 cm³/mol. The van der Waals surface area contributed by atoms with Crippen molar-refractivity contribution in [2.75, 3.05) is 0 Å². The molecular formula is C22H30N2O2. The molecule has 2 amide bonds. The van der Waals surface area contributed by atoms with E-state index in [-0.39, 0.29) is 17.5 Å². The summed E-state index contributed by atoms with van der Waals surface area (Å²) in [6.07, 6.45) is 7.83. The second-order valence-electron chi connectivity index (χ2n) is 9.08. The van der Waals surface area contributed by atoms with Crippen molar-refractivity contribution in [2.45, 2.75) is 64.5 Å². The van der Waals surface area contributed by atoms with E-state index in [0.717, 1.165) is 23.3 Å². The lowest BCUT2D eigenvalue weighted by atomic mass is 9.48. The summed E-state index contributed by atoms with van der Waals surface area (Å²) in [6.45, 7) is 4.02. The third kappa shape index (κ3) is 3.26. The number of carbonyl (C=O) groups is 2. The van der Waals surface area contributed by atoms with Crippen LogP contribution in [0.25, 0.3) is 0 Å². The van der Waals surface area contributed by atoms with Crippen LogP contribution in [0.3, 0.4) is 0 Å². The summed E-state index contributed by atoms with van der Waals surface area (Å²) in [5.41, 5.74) is 1.22. The topological polar surface area (TPSA) is 58.2 Å². The Kier molecular flexibility index (Phi) is 4.54. The first-order valence-electron chi connectivity index (χ1n) is 10.1. The van der Waals surface area contributed by atoms with Crippen molar-refractivity contribution in [1.82, 2.24) is 10.6 Å². The molecular weight excluding hydrogens is 324 g/mol. The minimum absolute atomic E-state index is 0.0705. The van der Waals surface area contributed by atoms with Gasteiger partial charge in [-0.05, 0) is 81.1 Å². The lowest BCUT2D eigenvalue weighted by molar-refractivity contribution is -0.142. The standard InChI is InChI=1S/C22H30N2O2/c1-14(19-6-4-3-5-7-19)23-20(25)21(26)24-15(2)22-11-16-8-17(12-22)10-18(9-16)13-22/h3-7,14-18H,8-13H2,1-2H3,(H,23,25)(H,24,26). The van der Waals surface area contributed by atoms with Gasteiger partial charge in [-0.25, -0.2) is 0 Å². The maximum atomic E-state index is 12.5. The number of amides is 2. The quantitative estimate of drug-likeness (QED) is 0.812. The molecule has 1 aromatic carbocycles. The van der Waals surface area contributed by atoms with Crippen molar-refractivity contribution in [1.29, 1.82) is 0 Å². The number of benzene rings is 1. The minimum Gasteiger partial charge on any atom is -0.345 e. The highest BCUT2D eigenvalue weighted by Gasteiger charge is 2.53. The average Bonchev–Trinajstić information content (AvgIpc) is 2.61. The zero-order valence-corrected chi connectivity index (χ0v) is 15.8. The van der Waals surface area contributed by atoms with Gasteiger partial charge in [-0.1, -0.05) is 30.3 Å². The molecule has 2 atom stereocenters. The largest absolute Gasteiger partial charge is 0.345 e. The van der Waals surface area contributed by atoms with Crippen molar-refractivity contribution in [3.05, 3.63) is 35.9 Å². The first-order valence-corrected chi connectivity index (χ1v) is 10.1. The molecule has 4 aliphatic rings. The Morgan fingerprint density at radius 3 is 1.92 bits per heavy atom. The fourth-order valence-electron chi connectivity index (χ4n) is 6.21. The summed E-state index contributed by atoms with van der Waals surface area (Å²) in [5, 5.41) is 5.87. The lowest BCUT2D eigenvalue weighted by Gasteiger charge is -2.59. The van der Waals surface area contributed by atoms with E-state index >= 15 is 0 Å². The summed E-state index contributed by atoms with van der Waals surface area (Å²) >= 11 is 0. The molecule has 140 valence electrons. The molecule has 4 fully saturated rings. The summed E-state index contributed by atoms with van der Waals surface area (Å²) in [5.74, 6) is 1.50. The molecule has 2 N–H and O–H groups in total. The smallest absolute Gasteiger partial charge is 0.309 e. The van der Waals surface area contributed by atoms with E-state index in [0.29, 0.717) is 0 Å². The summed E-state index contributed by atoms with van der Waals surface area (Å²) < 4.78 is 0. The van der Waals surface area contributed by atoms with Gasteiger partial charge in [-0.3, -0.25) is 9.59 Å². The van der Waals surface area contributed by atoms with E-state index < -0.39 is 11.8 Å². The zero-order valence-electron chi connectivity index (χ0n) is 15.8. The number of hydrogen-bond acceptors (Lipinski definition) is 2. The number of rotatable bonds is 4. The van der Waals surface area contributed by atoms with Crippen LogP contribution < -0.4 is 10.6 Å². The Morgan fingerprint density at radius 1 is 0.885 bits per heavy atom. The van der Waals surface area contributed by atoms with Crippen molar-refractivity contribution in [3.63, 3.8) is 0 Å². The van der Waals surface area contributed by atoms with Crippen LogP contribution in [0.5, 0.6) is 0 Å². The van der Waals surface area contributed by atoms with Crippen LogP contribution >= 0.6 is 0 Å². The van der Waals surface area contributed by atoms with Crippen LogP contribution in [0.1, 0.15) is 64.0 Å². The Hall–Kier alpha value is -1.84. The monoisotopic (exact) mass is 354 g/mol. The van der Waals surface area contributed by atoms with Crippen LogP contribution in [0.2, 0.25) is 0 Å². The van der Waals surface area contributed by atoms with Gasteiger partial charge in [0.1, 0.15) is 0 Å². The van der Waals surface area contributed by atoms with Gasteiger partial charge in [0.15, 0.2) is 0 Å². The van der Waals surface area contributed by atoms with E-state index in [9.17, 15) is 9.59 Å². The highest BCUT2D eigenvalue weighted by atomic mass is 16.2. The van der Waals surface area contributed by atoms with Gasteiger partial charge >= 0.3 is 11.8 Å². The summed E-state index contributed by atoms with van der Waals surface area (Å²) in [6, 6.07) is 9.63. The third-order valence-corrected chi connectivity index (χ3v) is 7.21. The van der Waals surface area contributed by atoms with Crippen molar-refractivity contribution >= 4 is 11.8 Å². The lowest BCUT2D eigenvalue weighted by Crippen LogP contribution is -2.57. The van der Waals surface area contributed by atoms with Crippen LogP contribution in [-0.2, 0) is 9.59 Å². The molecule has 0 radical (unpaired) electrons. The van der Waals surface area contributed by atoms with E-state index in [1.54, 1.807) is 0 Å². The van der Waals surface area contributed by atoms with Gasteiger partial charge in [0, 0.05) is 6.04 Å². The molecule has 4 bridgehead atoms. The van der Waals surface area contributed by atoms with Crippen LogP contribution in [-0.4, -0.2) is 17.9 Å². The molecule has 4 saturated carbocycles. The van der Waals surface area contributed by atoms with Crippen molar-refractivity contribution < 1.29 is 9.59 Å². The van der Waals surface area contributed by atoms with Crippen LogP contribution in [0.4, 0.5) is 0 Å². The molecule has 26 heavy (non-hydrogen) atoms. The maximum Gasteiger partial charge on any atom is 0.309 e. The van der Waals surface area contributed by atoms with Gasteiger partial charge in [0.05, 0.1) is 6.04 Å². The first kappa shape index (κ1) is 17.6. The number of carbonyl (C=O) groups excluding carboxylic acids is 2. The SMILES string of the molecule is CC(NC(=O)C(=O)NC(C)C12CC3CC(CC(C3)C1)C2)c1ccccc1. The van der Waals surface area contributed by atoms with Crippen LogP contribution in [0.15, 0.2) is 30.3 Å². The molecule has 4 nitrogen and oxygen atoms in total. The Morgan fingerprint density at radius 2 is 1.38 bits per heavy atom. The molecule has 4 aliphatic carbocycles. The molecule has 0 aromatic heterocycles. The second-order valence-corrected chi connectivity index (χ2v) is 9.08. The summed E-state index contributed by atoms with van der Waals surface area (Å²) in [4.78, 5) is 24.9. The van der Waals surface area contributed by atoms with E-state index in [1.165, 1.54) is 38.5 Å². The molecule has 4 heteroatoms. The highest BCUT2D eigenvalue weighted by Crippen LogP contribution is 2.61.